The van der Waals surface area contributed by atoms with Crippen molar-refractivity contribution in [3.05, 3.63) is 89.2 Å². The number of rotatable bonds is 10. The van der Waals surface area contributed by atoms with Crippen molar-refractivity contribution in [1.82, 2.24) is 14.9 Å². The molecule has 0 radical (unpaired) electrons. The van der Waals surface area contributed by atoms with E-state index in [1.165, 1.54) is 5.56 Å². The third-order valence-electron chi connectivity index (χ3n) is 5.84. The van der Waals surface area contributed by atoms with Crippen LogP contribution in [0.4, 0.5) is 0 Å². The fourth-order valence-corrected chi connectivity index (χ4v) is 3.99. The number of nitrogens with zero attached hydrogens (tertiary/aromatic N) is 2. The van der Waals surface area contributed by atoms with E-state index in [0.29, 0.717) is 31.0 Å². The molecule has 1 heterocycles. The molecule has 176 valence electrons. The lowest BCUT2D eigenvalue weighted by atomic mass is 10.1. The zero-order valence-corrected chi connectivity index (χ0v) is 20.0. The molecule has 3 aromatic carbocycles. The van der Waals surface area contributed by atoms with Gasteiger partial charge in [-0.05, 0) is 67.8 Å². The number of amides is 1. The Balaban J connectivity index is 1.37. The first-order valence-corrected chi connectivity index (χ1v) is 11.6. The number of methoxy groups -OCH3 is 1. The Morgan fingerprint density at radius 3 is 2.74 bits per heavy atom. The lowest BCUT2D eigenvalue weighted by Crippen LogP contribution is -2.25. The fourth-order valence-electron chi connectivity index (χ4n) is 3.99. The van der Waals surface area contributed by atoms with Crippen molar-refractivity contribution in [2.24, 2.45) is 0 Å². The molecule has 0 fully saturated rings. The van der Waals surface area contributed by atoms with Gasteiger partial charge in [-0.15, -0.1) is 0 Å². The lowest BCUT2D eigenvalue weighted by Gasteiger charge is -2.13. The first kappa shape index (κ1) is 23.4. The van der Waals surface area contributed by atoms with Gasteiger partial charge in [-0.25, -0.2) is 4.98 Å². The van der Waals surface area contributed by atoms with E-state index in [-0.39, 0.29) is 5.91 Å². The number of carbonyl (C=O) groups excluding carboxylic acids is 1. The Hall–Kier alpha value is -3.80. The van der Waals surface area contributed by atoms with Crippen molar-refractivity contribution in [3.63, 3.8) is 0 Å². The predicted octanol–water partition coefficient (Wildman–Crippen LogP) is 5.10. The molecule has 4 aromatic rings. The standard InChI is InChI=1S/C28H31N3O3/c1-20-13-14-21(2)26(18-20)34-17-16-31-25-11-5-4-10-24(25)30-27(31)12-7-15-29-28(32)22-8-6-9-23(19-22)33-3/h4-6,8-11,13-14,18-19H,7,12,15-17H2,1-3H3,(H,29,32). The second-order valence-electron chi connectivity index (χ2n) is 8.38. The van der Waals surface area contributed by atoms with Crippen molar-refractivity contribution < 1.29 is 14.3 Å². The summed E-state index contributed by atoms with van der Waals surface area (Å²) in [5.41, 5.74) is 4.99. The number of hydrogen-bond donors (Lipinski definition) is 1. The highest BCUT2D eigenvalue weighted by atomic mass is 16.5. The number of aromatic nitrogens is 2. The van der Waals surface area contributed by atoms with Gasteiger partial charge in [0.25, 0.3) is 5.91 Å². The molecule has 34 heavy (non-hydrogen) atoms. The number of aryl methyl sites for hydroxylation is 3. The first-order valence-electron chi connectivity index (χ1n) is 11.6. The van der Waals surface area contributed by atoms with Crippen LogP contribution in [0, 0.1) is 13.8 Å². The molecule has 0 spiro atoms. The largest absolute Gasteiger partial charge is 0.497 e. The molecule has 1 aromatic heterocycles. The van der Waals surface area contributed by atoms with E-state index in [0.717, 1.165) is 41.0 Å². The van der Waals surface area contributed by atoms with Crippen LogP contribution in [0.5, 0.6) is 11.5 Å². The summed E-state index contributed by atoms with van der Waals surface area (Å²) < 4.78 is 13.5. The van der Waals surface area contributed by atoms with Gasteiger partial charge in [0.1, 0.15) is 23.9 Å². The number of nitrogens with one attached hydrogen (secondary N) is 1. The van der Waals surface area contributed by atoms with Gasteiger partial charge in [0.05, 0.1) is 24.7 Å². The highest BCUT2D eigenvalue weighted by Crippen LogP contribution is 2.21. The molecular formula is C28H31N3O3. The number of para-hydroxylation sites is 2. The summed E-state index contributed by atoms with van der Waals surface area (Å²) in [6, 6.07) is 21.6. The normalized spacial score (nSPS) is 10.9. The molecule has 0 bridgehead atoms. The Labute approximate surface area is 200 Å². The molecule has 1 N–H and O–H groups in total. The Kier molecular flexibility index (Phi) is 7.48. The first-order chi connectivity index (χ1) is 16.5. The molecule has 0 aliphatic rings. The molecule has 0 saturated heterocycles. The van der Waals surface area contributed by atoms with E-state index in [1.807, 2.05) is 30.3 Å². The van der Waals surface area contributed by atoms with E-state index < -0.39 is 0 Å². The average molecular weight is 458 g/mol. The van der Waals surface area contributed by atoms with Gasteiger partial charge >= 0.3 is 0 Å². The Morgan fingerprint density at radius 2 is 1.88 bits per heavy atom. The van der Waals surface area contributed by atoms with Crippen LogP contribution >= 0.6 is 0 Å². The number of hydrogen-bond acceptors (Lipinski definition) is 4. The number of benzene rings is 3. The van der Waals surface area contributed by atoms with Crippen molar-refractivity contribution in [3.8, 4) is 11.5 Å². The van der Waals surface area contributed by atoms with Crippen LogP contribution in [-0.4, -0.2) is 35.7 Å². The SMILES string of the molecule is COc1cccc(C(=O)NCCCc2nc3ccccc3n2CCOc2cc(C)ccc2C)c1. The Bertz CT molecular complexity index is 1280. The van der Waals surface area contributed by atoms with Gasteiger partial charge in [-0.2, -0.15) is 0 Å². The van der Waals surface area contributed by atoms with Crippen LogP contribution in [-0.2, 0) is 13.0 Å². The van der Waals surface area contributed by atoms with Crippen molar-refractivity contribution in [2.45, 2.75) is 33.2 Å². The summed E-state index contributed by atoms with van der Waals surface area (Å²) in [5.74, 6) is 2.49. The van der Waals surface area contributed by atoms with Crippen LogP contribution in [0.1, 0.15) is 33.7 Å². The fraction of sp³-hybridized carbons (Fsp3) is 0.286. The quantitative estimate of drug-likeness (QED) is 0.336. The van der Waals surface area contributed by atoms with E-state index in [2.05, 4.69) is 48.0 Å². The van der Waals surface area contributed by atoms with Gasteiger partial charge in [0.2, 0.25) is 0 Å². The van der Waals surface area contributed by atoms with E-state index >= 15 is 0 Å². The van der Waals surface area contributed by atoms with Crippen molar-refractivity contribution >= 4 is 16.9 Å². The number of imidazole rings is 1. The molecule has 0 saturated carbocycles. The third kappa shape index (κ3) is 5.57. The molecule has 6 heteroatoms. The Morgan fingerprint density at radius 1 is 1.03 bits per heavy atom. The maximum absolute atomic E-state index is 12.5. The summed E-state index contributed by atoms with van der Waals surface area (Å²) >= 11 is 0. The minimum absolute atomic E-state index is 0.102. The molecule has 0 unspecified atom stereocenters. The molecular weight excluding hydrogens is 426 g/mol. The van der Waals surface area contributed by atoms with Gasteiger partial charge < -0.3 is 19.4 Å². The topological polar surface area (TPSA) is 65.4 Å². The molecule has 0 atom stereocenters. The van der Waals surface area contributed by atoms with E-state index in [4.69, 9.17) is 14.5 Å². The van der Waals surface area contributed by atoms with Crippen molar-refractivity contribution in [2.75, 3.05) is 20.3 Å². The van der Waals surface area contributed by atoms with Crippen LogP contribution in [0.3, 0.4) is 0 Å². The second-order valence-corrected chi connectivity index (χ2v) is 8.38. The molecule has 6 nitrogen and oxygen atoms in total. The van der Waals surface area contributed by atoms with Crippen LogP contribution in [0.2, 0.25) is 0 Å². The summed E-state index contributed by atoms with van der Waals surface area (Å²) in [6.45, 7) is 5.97. The van der Waals surface area contributed by atoms with Gasteiger partial charge in [-0.3, -0.25) is 4.79 Å². The predicted molar refractivity (Wildman–Crippen MR) is 135 cm³/mol. The maximum atomic E-state index is 12.5. The summed E-state index contributed by atoms with van der Waals surface area (Å²) in [6.07, 6.45) is 1.55. The summed E-state index contributed by atoms with van der Waals surface area (Å²) in [7, 11) is 1.59. The second kappa shape index (κ2) is 10.9. The number of carbonyl (C=O) groups is 1. The highest BCUT2D eigenvalue weighted by molar-refractivity contribution is 5.94. The van der Waals surface area contributed by atoms with Crippen LogP contribution < -0.4 is 14.8 Å². The lowest BCUT2D eigenvalue weighted by molar-refractivity contribution is 0.0953. The molecule has 0 aliphatic carbocycles. The smallest absolute Gasteiger partial charge is 0.251 e. The highest BCUT2D eigenvalue weighted by Gasteiger charge is 2.12. The summed E-state index contributed by atoms with van der Waals surface area (Å²) in [4.78, 5) is 17.3. The van der Waals surface area contributed by atoms with Gasteiger partial charge in [0, 0.05) is 18.5 Å². The van der Waals surface area contributed by atoms with E-state index in [1.54, 1.807) is 19.2 Å². The van der Waals surface area contributed by atoms with E-state index in [9.17, 15) is 4.79 Å². The monoisotopic (exact) mass is 457 g/mol. The minimum atomic E-state index is -0.102. The van der Waals surface area contributed by atoms with Crippen LogP contribution in [0.15, 0.2) is 66.7 Å². The zero-order chi connectivity index (χ0) is 23.9. The third-order valence-corrected chi connectivity index (χ3v) is 5.84. The van der Waals surface area contributed by atoms with Gasteiger partial charge in [-0.1, -0.05) is 30.3 Å². The maximum Gasteiger partial charge on any atom is 0.251 e. The van der Waals surface area contributed by atoms with Gasteiger partial charge in [0.15, 0.2) is 0 Å². The zero-order valence-electron chi connectivity index (χ0n) is 20.0. The van der Waals surface area contributed by atoms with Crippen molar-refractivity contribution in [1.29, 1.82) is 0 Å². The molecule has 0 aliphatic heterocycles. The molecule has 4 rings (SSSR count). The number of ether oxygens (including phenoxy) is 2. The minimum Gasteiger partial charge on any atom is -0.497 e. The average Bonchev–Trinajstić information content (AvgIpc) is 3.21. The molecule has 1 amide bonds. The summed E-state index contributed by atoms with van der Waals surface area (Å²) in [5, 5.41) is 2.99. The van der Waals surface area contributed by atoms with Crippen LogP contribution in [0.25, 0.3) is 11.0 Å². The number of fused-ring (bicyclic) bond motifs is 1.